The van der Waals surface area contributed by atoms with Crippen molar-refractivity contribution >= 4 is 11.4 Å². The van der Waals surface area contributed by atoms with E-state index in [4.69, 9.17) is 11.5 Å². The average Bonchev–Trinajstić information content (AvgIpc) is 2.32. The molecular formula is C14H16N2. The summed E-state index contributed by atoms with van der Waals surface area (Å²) in [6, 6.07) is 12.2. The van der Waals surface area contributed by atoms with Crippen LogP contribution in [0.1, 0.15) is 11.1 Å². The molecule has 0 bridgehead atoms. The second-order valence-corrected chi connectivity index (χ2v) is 4.04. The standard InChI is InChI=1S/C14H16N2/c1-9-10(2)14(16)13(15)8-12(9)11-6-4-3-5-7-11/h3-8H,15-16H2,1-2H3. The van der Waals surface area contributed by atoms with E-state index in [1.54, 1.807) is 0 Å². The Morgan fingerprint density at radius 2 is 1.50 bits per heavy atom. The Kier molecular flexibility index (Phi) is 2.57. The molecule has 2 aromatic rings. The smallest absolute Gasteiger partial charge is 0.0580 e. The van der Waals surface area contributed by atoms with Crippen molar-refractivity contribution in [2.24, 2.45) is 0 Å². The van der Waals surface area contributed by atoms with E-state index in [0.29, 0.717) is 11.4 Å². The quantitative estimate of drug-likeness (QED) is 0.713. The van der Waals surface area contributed by atoms with Crippen molar-refractivity contribution in [2.75, 3.05) is 11.5 Å². The molecule has 0 atom stereocenters. The number of benzene rings is 2. The summed E-state index contributed by atoms with van der Waals surface area (Å²) in [6.45, 7) is 4.08. The summed E-state index contributed by atoms with van der Waals surface area (Å²) in [7, 11) is 0. The maximum absolute atomic E-state index is 5.90. The van der Waals surface area contributed by atoms with Gasteiger partial charge in [-0.2, -0.15) is 0 Å². The van der Waals surface area contributed by atoms with E-state index in [1.165, 1.54) is 11.1 Å². The van der Waals surface area contributed by atoms with Crippen molar-refractivity contribution in [3.05, 3.63) is 47.5 Å². The highest BCUT2D eigenvalue weighted by Crippen LogP contribution is 2.32. The van der Waals surface area contributed by atoms with E-state index < -0.39 is 0 Å². The Morgan fingerprint density at radius 1 is 0.875 bits per heavy atom. The molecule has 0 spiro atoms. The molecule has 0 saturated carbocycles. The predicted molar refractivity (Wildman–Crippen MR) is 70.2 cm³/mol. The zero-order valence-corrected chi connectivity index (χ0v) is 9.62. The van der Waals surface area contributed by atoms with E-state index in [-0.39, 0.29) is 0 Å². The predicted octanol–water partition coefficient (Wildman–Crippen LogP) is 3.13. The molecule has 2 aromatic carbocycles. The highest BCUT2D eigenvalue weighted by Gasteiger charge is 2.09. The fourth-order valence-corrected chi connectivity index (χ4v) is 1.88. The molecular weight excluding hydrogens is 196 g/mol. The van der Waals surface area contributed by atoms with Crippen molar-refractivity contribution in [3.63, 3.8) is 0 Å². The van der Waals surface area contributed by atoms with Gasteiger partial charge in [0.1, 0.15) is 0 Å². The van der Waals surface area contributed by atoms with Gasteiger partial charge in [-0.25, -0.2) is 0 Å². The van der Waals surface area contributed by atoms with Gasteiger partial charge in [-0.3, -0.25) is 0 Å². The maximum atomic E-state index is 5.90. The first-order valence-corrected chi connectivity index (χ1v) is 5.32. The molecule has 2 heteroatoms. The summed E-state index contributed by atoms with van der Waals surface area (Å²) in [5, 5.41) is 0. The van der Waals surface area contributed by atoms with Gasteiger partial charge in [0.15, 0.2) is 0 Å². The van der Waals surface area contributed by atoms with Gasteiger partial charge in [0.05, 0.1) is 11.4 Å². The van der Waals surface area contributed by atoms with Gasteiger partial charge in [-0.1, -0.05) is 30.3 Å². The number of rotatable bonds is 1. The summed E-state index contributed by atoms with van der Waals surface area (Å²) in [4.78, 5) is 0. The van der Waals surface area contributed by atoms with Crippen LogP contribution in [0.2, 0.25) is 0 Å². The normalized spacial score (nSPS) is 10.4. The molecule has 4 N–H and O–H groups in total. The van der Waals surface area contributed by atoms with Crippen LogP contribution in [0.15, 0.2) is 36.4 Å². The Labute approximate surface area is 95.9 Å². The van der Waals surface area contributed by atoms with Gasteiger partial charge < -0.3 is 11.5 Å². The fraction of sp³-hybridized carbons (Fsp3) is 0.143. The number of nitrogen functional groups attached to an aromatic ring is 2. The van der Waals surface area contributed by atoms with Crippen molar-refractivity contribution in [3.8, 4) is 11.1 Å². The van der Waals surface area contributed by atoms with E-state index in [0.717, 1.165) is 11.1 Å². The third-order valence-corrected chi connectivity index (χ3v) is 3.07. The Balaban J connectivity index is 2.68. The third kappa shape index (κ3) is 1.63. The lowest BCUT2D eigenvalue weighted by Gasteiger charge is -2.13. The van der Waals surface area contributed by atoms with Crippen molar-refractivity contribution in [1.29, 1.82) is 0 Å². The second kappa shape index (κ2) is 3.89. The molecule has 0 amide bonds. The number of hydrogen-bond donors (Lipinski definition) is 2. The lowest BCUT2D eigenvalue weighted by molar-refractivity contribution is 1.34. The van der Waals surface area contributed by atoms with Gasteiger partial charge in [0, 0.05) is 0 Å². The zero-order chi connectivity index (χ0) is 11.7. The van der Waals surface area contributed by atoms with Crippen LogP contribution in [0.4, 0.5) is 11.4 Å². The SMILES string of the molecule is Cc1c(-c2ccccc2)cc(N)c(N)c1C. The van der Waals surface area contributed by atoms with Crippen LogP contribution in [0.5, 0.6) is 0 Å². The zero-order valence-electron chi connectivity index (χ0n) is 9.62. The molecule has 0 aliphatic carbocycles. The summed E-state index contributed by atoms with van der Waals surface area (Å²) in [6.07, 6.45) is 0. The topological polar surface area (TPSA) is 52.0 Å². The van der Waals surface area contributed by atoms with Crippen LogP contribution in [-0.4, -0.2) is 0 Å². The molecule has 2 rings (SSSR count). The molecule has 0 heterocycles. The van der Waals surface area contributed by atoms with Crippen molar-refractivity contribution in [1.82, 2.24) is 0 Å². The molecule has 0 fully saturated rings. The van der Waals surface area contributed by atoms with Gasteiger partial charge in [0.25, 0.3) is 0 Å². The summed E-state index contributed by atoms with van der Waals surface area (Å²) < 4.78 is 0. The monoisotopic (exact) mass is 212 g/mol. The number of anilines is 2. The molecule has 16 heavy (non-hydrogen) atoms. The van der Waals surface area contributed by atoms with Crippen LogP contribution in [0.25, 0.3) is 11.1 Å². The average molecular weight is 212 g/mol. The molecule has 0 saturated heterocycles. The highest BCUT2D eigenvalue weighted by atomic mass is 14.7. The fourth-order valence-electron chi connectivity index (χ4n) is 1.88. The minimum Gasteiger partial charge on any atom is -0.397 e. The maximum Gasteiger partial charge on any atom is 0.0580 e. The third-order valence-electron chi connectivity index (χ3n) is 3.07. The largest absolute Gasteiger partial charge is 0.397 e. The highest BCUT2D eigenvalue weighted by molar-refractivity contribution is 5.80. The van der Waals surface area contributed by atoms with Crippen LogP contribution in [0, 0.1) is 13.8 Å². The minimum atomic E-state index is 0.655. The Morgan fingerprint density at radius 3 is 2.12 bits per heavy atom. The van der Waals surface area contributed by atoms with E-state index in [2.05, 4.69) is 19.1 Å². The summed E-state index contributed by atoms with van der Waals surface area (Å²) >= 11 is 0. The molecule has 82 valence electrons. The van der Waals surface area contributed by atoms with Crippen LogP contribution >= 0.6 is 0 Å². The molecule has 0 unspecified atom stereocenters. The van der Waals surface area contributed by atoms with Crippen molar-refractivity contribution in [2.45, 2.75) is 13.8 Å². The first-order valence-electron chi connectivity index (χ1n) is 5.32. The molecule has 2 nitrogen and oxygen atoms in total. The summed E-state index contributed by atoms with van der Waals surface area (Å²) in [5.74, 6) is 0. The van der Waals surface area contributed by atoms with Crippen molar-refractivity contribution < 1.29 is 0 Å². The van der Waals surface area contributed by atoms with Gasteiger partial charge in [-0.05, 0) is 42.2 Å². The molecule has 0 aromatic heterocycles. The molecule has 0 aliphatic heterocycles. The molecule has 0 radical (unpaired) electrons. The summed E-state index contributed by atoms with van der Waals surface area (Å²) in [5.41, 5.74) is 17.7. The first-order chi connectivity index (χ1) is 7.61. The lowest BCUT2D eigenvalue weighted by atomic mass is 9.95. The number of hydrogen-bond acceptors (Lipinski definition) is 2. The Bertz CT molecular complexity index is 516. The van der Waals surface area contributed by atoms with Gasteiger partial charge in [0.2, 0.25) is 0 Å². The Hall–Kier alpha value is -1.96. The van der Waals surface area contributed by atoms with Gasteiger partial charge in [-0.15, -0.1) is 0 Å². The van der Waals surface area contributed by atoms with E-state index in [1.807, 2.05) is 31.2 Å². The minimum absolute atomic E-state index is 0.655. The van der Waals surface area contributed by atoms with Gasteiger partial charge >= 0.3 is 0 Å². The van der Waals surface area contributed by atoms with E-state index >= 15 is 0 Å². The van der Waals surface area contributed by atoms with Crippen LogP contribution in [0.3, 0.4) is 0 Å². The first kappa shape index (κ1) is 10.6. The van der Waals surface area contributed by atoms with E-state index in [9.17, 15) is 0 Å². The van der Waals surface area contributed by atoms with Crippen LogP contribution < -0.4 is 11.5 Å². The lowest BCUT2D eigenvalue weighted by Crippen LogP contribution is -2.00. The number of nitrogens with two attached hydrogens (primary N) is 2. The second-order valence-electron chi connectivity index (χ2n) is 4.04. The molecule has 0 aliphatic rings. The van der Waals surface area contributed by atoms with Crippen LogP contribution in [-0.2, 0) is 0 Å².